The number of aromatic amines is 1. The fourth-order valence-electron chi connectivity index (χ4n) is 3.73. The Labute approximate surface area is 161 Å². The minimum absolute atomic E-state index is 0.100. The molecule has 5 nitrogen and oxygen atoms in total. The van der Waals surface area contributed by atoms with Crippen LogP contribution in [0.4, 0.5) is 0 Å². The summed E-state index contributed by atoms with van der Waals surface area (Å²) in [7, 11) is 0. The predicted molar refractivity (Wildman–Crippen MR) is 108 cm³/mol. The Morgan fingerprint density at radius 1 is 1.11 bits per heavy atom. The van der Waals surface area contributed by atoms with E-state index < -0.39 is 0 Å². The van der Waals surface area contributed by atoms with E-state index in [4.69, 9.17) is 4.98 Å². The second-order valence-corrected chi connectivity index (χ2v) is 7.23. The first kappa shape index (κ1) is 16.5. The summed E-state index contributed by atoms with van der Waals surface area (Å²) in [6, 6.07) is 19.9. The molecule has 0 amide bonds. The van der Waals surface area contributed by atoms with Gasteiger partial charge in [0.15, 0.2) is 0 Å². The molecular formula is C23H18N4O. The SMILES string of the molecule is N#Cc1ccccc1-c1ccc(Cn2c(C3CC3)nc3cc[nH]c(=O)c32)cc1. The molecule has 0 bridgehead atoms. The van der Waals surface area contributed by atoms with Crippen LogP contribution < -0.4 is 5.56 Å². The number of nitriles is 1. The van der Waals surface area contributed by atoms with Crippen LogP contribution in [0, 0.1) is 11.3 Å². The van der Waals surface area contributed by atoms with Gasteiger partial charge in [-0.05, 0) is 41.7 Å². The maximum atomic E-state index is 12.4. The molecule has 0 aliphatic heterocycles. The molecule has 1 fully saturated rings. The van der Waals surface area contributed by atoms with Crippen molar-refractivity contribution in [1.29, 1.82) is 5.26 Å². The molecule has 2 heterocycles. The number of hydrogen-bond acceptors (Lipinski definition) is 3. The third-order valence-corrected chi connectivity index (χ3v) is 5.29. The van der Waals surface area contributed by atoms with Crippen molar-refractivity contribution in [1.82, 2.24) is 14.5 Å². The van der Waals surface area contributed by atoms with E-state index >= 15 is 0 Å². The van der Waals surface area contributed by atoms with Gasteiger partial charge in [0.25, 0.3) is 5.56 Å². The Bertz CT molecular complexity index is 1270. The van der Waals surface area contributed by atoms with E-state index in [0.29, 0.717) is 23.5 Å². The summed E-state index contributed by atoms with van der Waals surface area (Å²) in [6.45, 7) is 0.607. The second-order valence-electron chi connectivity index (χ2n) is 7.23. The molecule has 2 aromatic carbocycles. The summed E-state index contributed by atoms with van der Waals surface area (Å²) in [5.41, 5.74) is 5.00. The highest BCUT2D eigenvalue weighted by molar-refractivity contribution is 5.75. The van der Waals surface area contributed by atoms with Crippen LogP contribution in [0.5, 0.6) is 0 Å². The lowest BCUT2D eigenvalue weighted by atomic mass is 9.99. The summed E-state index contributed by atoms with van der Waals surface area (Å²) < 4.78 is 2.06. The van der Waals surface area contributed by atoms with Gasteiger partial charge in [-0.2, -0.15) is 5.26 Å². The number of hydrogen-bond donors (Lipinski definition) is 1. The van der Waals surface area contributed by atoms with E-state index in [1.807, 2.05) is 42.5 Å². The molecular weight excluding hydrogens is 348 g/mol. The number of benzene rings is 2. The average molecular weight is 366 g/mol. The van der Waals surface area contributed by atoms with E-state index in [0.717, 1.165) is 40.9 Å². The van der Waals surface area contributed by atoms with Gasteiger partial charge >= 0.3 is 0 Å². The van der Waals surface area contributed by atoms with Crippen LogP contribution in [-0.2, 0) is 6.54 Å². The number of nitrogens with one attached hydrogen (secondary N) is 1. The molecule has 1 aliphatic carbocycles. The van der Waals surface area contributed by atoms with Gasteiger partial charge < -0.3 is 9.55 Å². The Hall–Kier alpha value is -3.65. The van der Waals surface area contributed by atoms with Crippen LogP contribution in [-0.4, -0.2) is 14.5 Å². The molecule has 0 unspecified atom stereocenters. The van der Waals surface area contributed by atoms with Gasteiger partial charge in [0.05, 0.1) is 17.1 Å². The minimum atomic E-state index is -0.100. The topological polar surface area (TPSA) is 74.5 Å². The molecule has 28 heavy (non-hydrogen) atoms. The van der Waals surface area contributed by atoms with Crippen molar-refractivity contribution < 1.29 is 0 Å². The Kier molecular flexibility index (Phi) is 3.84. The molecule has 0 spiro atoms. The van der Waals surface area contributed by atoms with Crippen molar-refractivity contribution in [2.24, 2.45) is 0 Å². The predicted octanol–water partition coefficient (Wildman–Crippen LogP) is 4.19. The number of pyridine rings is 1. The van der Waals surface area contributed by atoms with Crippen molar-refractivity contribution in [3.63, 3.8) is 0 Å². The monoisotopic (exact) mass is 366 g/mol. The Morgan fingerprint density at radius 2 is 1.89 bits per heavy atom. The molecule has 136 valence electrons. The fraction of sp³-hybridized carbons (Fsp3) is 0.174. The second kappa shape index (κ2) is 6.50. The highest BCUT2D eigenvalue weighted by Crippen LogP contribution is 2.40. The number of fused-ring (bicyclic) bond motifs is 1. The molecule has 2 aromatic heterocycles. The molecule has 5 heteroatoms. The molecule has 0 atom stereocenters. The Morgan fingerprint density at radius 3 is 2.64 bits per heavy atom. The summed E-state index contributed by atoms with van der Waals surface area (Å²) in [6.07, 6.45) is 3.91. The van der Waals surface area contributed by atoms with Crippen LogP contribution in [0.1, 0.15) is 35.7 Å². The summed E-state index contributed by atoms with van der Waals surface area (Å²) in [5.74, 6) is 1.46. The van der Waals surface area contributed by atoms with Crippen LogP contribution in [0.15, 0.2) is 65.6 Å². The van der Waals surface area contributed by atoms with Gasteiger partial charge in [-0.25, -0.2) is 4.98 Å². The number of H-pyrrole nitrogens is 1. The number of nitrogens with zero attached hydrogens (tertiary/aromatic N) is 3. The third-order valence-electron chi connectivity index (χ3n) is 5.29. The van der Waals surface area contributed by atoms with Gasteiger partial charge in [0.2, 0.25) is 0 Å². The van der Waals surface area contributed by atoms with Crippen molar-refractivity contribution >= 4 is 11.0 Å². The smallest absolute Gasteiger partial charge is 0.274 e. The van der Waals surface area contributed by atoms with Crippen molar-refractivity contribution in [3.05, 3.63) is 88.1 Å². The third kappa shape index (κ3) is 2.80. The van der Waals surface area contributed by atoms with Gasteiger partial charge in [-0.3, -0.25) is 4.79 Å². The zero-order chi connectivity index (χ0) is 19.1. The molecule has 1 aliphatic rings. The zero-order valence-corrected chi connectivity index (χ0v) is 15.2. The van der Waals surface area contributed by atoms with Crippen molar-refractivity contribution in [2.45, 2.75) is 25.3 Å². The van der Waals surface area contributed by atoms with Crippen LogP contribution in [0.3, 0.4) is 0 Å². The molecule has 5 rings (SSSR count). The van der Waals surface area contributed by atoms with E-state index in [2.05, 4.69) is 27.8 Å². The molecule has 1 saturated carbocycles. The fourth-order valence-corrected chi connectivity index (χ4v) is 3.73. The van der Waals surface area contributed by atoms with Gasteiger partial charge in [0, 0.05) is 18.7 Å². The van der Waals surface area contributed by atoms with Crippen molar-refractivity contribution in [3.8, 4) is 17.2 Å². The average Bonchev–Trinajstić information content (AvgIpc) is 3.51. The van der Waals surface area contributed by atoms with Gasteiger partial charge in [0.1, 0.15) is 11.3 Å². The highest BCUT2D eigenvalue weighted by Gasteiger charge is 2.30. The summed E-state index contributed by atoms with van der Waals surface area (Å²) >= 11 is 0. The Balaban J connectivity index is 1.53. The van der Waals surface area contributed by atoms with Crippen LogP contribution in [0.25, 0.3) is 22.2 Å². The van der Waals surface area contributed by atoms with Gasteiger partial charge in [-0.1, -0.05) is 42.5 Å². The first-order chi connectivity index (χ1) is 13.7. The van der Waals surface area contributed by atoms with Crippen LogP contribution in [0.2, 0.25) is 0 Å². The first-order valence-corrected chi connectivity index (χ1v) is 9.41. The number of aromatic nitrogens is 3. The molecule has 0 saturated heterocycles. The van der Waals surface area contributed by atoms with E-state index in [1.54, 1.807) is 6.20 Å². The number of imidazole rings is 1. The number of rotatable bonds is 4. The minimum Gasteiger partial charge on any atom is -0.327 e. The standard InChI is InChI=1S/C23H18N4O/c24-13-18-3-1-2-4-19(18)16-7-5-15(6-8-16)14-27-21-20(11-12-25-23(21)28)26-22(27)17-9-10-17/h1-8,11-12,17H,9-10,14H2,(H,25,28). The zero-order valence-electron chi connectivity index (χ0n) is 15.2. The van der Waals surface area contributed by atoms with E-state index in [-0.39, 0.29) is 5.56 Å². The maximum Gasteiger partial charge on any atom is 0.274 e. The summed E-state index contributed by atoms with van der Waals surface area (Å²) in [5, 5.41) is 9.33. The molecule has 0 radical (unpaired) electrons. The van der Waals surface area contributed by atoms with Crippen LogP contribution >= 0.6 is 0 Å². The quantitative estimate of drug-likeness (QED) is 0.588. The lowest BCUT2D eigenvalue weighted by Gasteiger charge is -2.10. The molecule has 4 aromatic rings. The van der Waals surface area contributed by atoms with Crippen molar-refractivity contribution in [2.75, 3.05) is 0 Å². The first-order valence-electron chi connectivity index (χ1n) is 9.41. The maximum absolute atomic E-state index is 12.4. The normalized spacial score (nSPS) is 13.5. The lowest BCUT2D eigenvalue weighted by Crippen LogP contribution is -2.12. The highest BCUT2D eigenvalue weighted by atomic mass is 16.1. The van der Waals surface area contributed by atoms with Gasteiger partial charge in [-0.15, -0.1) is 0 Å². The molecule has 1 N–H and O–H groups in total. The lowest BCUT2D eigenvalue weighted by molar-refractivity contribution is 0.744. The van der Waals surface area contributed by atoms with E-state index in [9.17, 15) is 10.1 Å². The summed E-state index contributed by atoms with van der Waals surface area (Å²) in [4.78, 5) is 19.9. The van der Waals surface area contributed by atoms with E-state index in [1.165, 1.54) is 0 Å². The largest absolute Gasteiger partial charge is 0.327 e.